The number of ketones is 1. The lowest BCUT2D eigenvalue weighted by molar-refractivity contribution is 0.0993. The Morgan fingerprint density at radius 2 is 1.87 bits per heavy atom. The number of amides is 1. The summed E-state index contributed by atoms with van der Waals surface area (Å²) >= 11 is 5.96. The van der Waals surface area contributed by atoms with Gasteiger partial charge in [-0.2, -0.15) is 5.26 Å². The van der Waals surface area contributed by atoms with Crippen molar-refractivity contribution in [2.45, 2.75) is 13.8 Å². The van der Waals surface area contributed by atoms with Crippen molar-refractivity contribution in [3.05, 3.63) is 63.7 Å². The maximum Gasteiger partial charge on any atom is 0.258 e. The van der Waals surface area contributed by atoms with Gasteiger partial charge in [-0.25, -0.2) is 0 Å². The molecule has 0 fully saturated rings. The number of nitrogens with zero attached hydrogens (tertiary/aromatic N) is 2. The number of aryl methyl sites for hydroxylation is 1. The van der Waals surface area contributed by atoms with Gasteiger partial charge in [0.15, 0.2) is 5.78 Å². The molecule has 2 rings (SSSR count). The van der Waals surface area contributed by atoms with Gasteiger partial charge in [-0.1, -0.05) is 17.7 Å². The van der Waals surface area contributed by atoms with Crippen LogP contribution in [0.3, 0.4) is 0 Å². The zero-order valence-corrected chi connectivity index (χ0v) is 13.8. The Kier molecular flexibility index (Phi) is 4.83. The molecule has 2 aromatic carbocycles. The first kappa shape index (κ1) is 16.7. The Hall–Kier alpha value is -2.64. The molecule has 0 heterocycles. The smallest absolute Gasteiger partial charge is 0.258 e. The van der Waals surface area contributed by atoms with Gasteiger partial charge < -0.3 is 4.90 Å². The molecule has 0 aliphatic carbocycles. The van der Waals surface area contributed by atoms with E-state index in [2.05, 4.69) is 0 Å². The third kappa shape index (κ3) is 3.41. The Labute approximate surface area is 139 Å². The molecule has 0 saturated carbocycles. The van der Waals surface area contributed by atoms with Gasteiger partial charge in [0.25, 0.3) is 5.91 Å². The quantitative estimate of drug-likeness (QED) is 0.801. The van der Waals surface area contributed by atoms with Crippen LogP contribution in [-0.2, 0) is 0 Å². The van der Waals surface area contributed by atoms with Crippen molar-refractivity contribution in [1.82, 2.24) is 0 Å². The van der Waals surface area contributed by atoms with Crippen LogP contribution in [0.5, 0.6) is 0 Å². The van der Waals surface area contributed by atoms with E-state index in [-0.39, 0.29) is 11.7 Å². The molecular formula is C18H15ClN2O2. The molecule has 2 aromatic rings. The summed E-state index contributed by atoms with van der Waals surface area (Å²) in [6, 6.07) is 11.8. The molecule has 1 amide bonds. The highest BCUT2D eigenvalue weighted by molar-refractivity contribution is 6.31. The van der Waals surface area contributed by atoms with Crippen LogP contribution in [0, 0.1) is 18.3 Å². The third-order valence-corrected chi connectivity index (χ3v) is 3.85. The zero-order valence-electron chi connectivity index (χ0n) is 13.1. The fourth-order valence-electron chi connectivity index (χ4n) is 2.31. The number of nitriles is 1. The van der Waals surface area contributed by atoms with Gasteiger partial charge >= 0.3 is 0 Å². The third-order valence-electron chi connectivity index (χ3n) is 3.61. The molecule has 0 aliphatic rings. The lowest BCUT2D eigenvalue weighted by Gasteiger charge is -2.19. The molecule has 0 radical (unpaired) electrons. The first-order chi connectivity index (χ1) is 10.8. The molecule has 0 unspecified atom stereocenters. The van der Waals surface area contributed by atoms with Crippen LogP contribution in [0.2, 0.25) is 5.02 Å². The Morgan fingerprint density at radius 1 is 1.17 bits per heavy atom. The fraction of sp³-hybridized carbons (Fsp3) is 0.167. The number of halogens is 1. The van der Waals surface area contributed by atoms with E-state index in [0.717, 1.165) is 5.56 Å². The minimum absolute atomic E-state index is 0.0970. The molecule has 0 aromatic heterocycles. The molecule has 0 aliphatic heterocycles. The molecule has 116 valence electrons. The second kappa shape index (κ2) is 6.64. The summed E-state index contributed by atoms with van der Waals surface area (Å²) in [5.41, 5.74) is 2.49. The molecule has 23 heavy (non-hydrogen) atoms. The van der Waals surface area contributed by atoms with Gasteiger partial charge in [0.1, 0.15) is 6.07 Å². The van der Waals surface area contributed by atoms with E-state index >= 15 is 0 Å². The van der Waals surface area contributed by atoms with Crippen molar-refractivity contribution in [2.75, 3.05) is 11.9 Å². The number of Topliss-reactive ketones (excluding diaryl/α,β-unsaturated/α-hetero) is 1. The molecule has 0 bridgehead atoms. The second-order valence-corrected chi connectivity index (χ2v) is 5.66. The molecule has 0 saturated heterocycles. The van der Waals surface area contributed by atoms with E-state index in [1.165, 1.54) is 11.8 Å². The first-order valence-corrected chi connectivity index (χ1v) is 7.32. The van der Waals surface area contributed by atoms with E-state index in [4.69, 9.17) is 11.6 Å². The molecule has 5 heteroatoms. The topological polar surface area (TPSA) is 61.2 Å². The number of hydrogen-bond acceptors (Lipinski definition) is 3. The maximum atomic E-state index is 12.7. The van der Waals surface area contributed by atoms with Crippen molar-refractivity contribution in [3.8, 4) is 6.07 Å². The van der Waals surface area contributed by atoms with Crippen LogP contribution in [0.25, 0.3) is 0 Å². The summed E-state index contributed by atoms with van der Waals surface area (Å²) in [6.07, 6.45) is 0. The largest absolute Gasteiger partial charge is 0.310 e. The van der Waals surface area contributed by atoms with E-state index < -0.39 is 0 Å². The van der Waals surface area contributed by atoms with Crippen molar-refractivity contribution < 1.29 is 9.59 Å². The highest BCUT2D eigenvalue weighted by Gasteiger charge is 2.18. The van der Waals surface area contributed by atoms with Crippen molar-refractivity contribution in [2.24, 2.45) is 0 Å². The summed E-state index contributed by atoms with van der Waals surface area (Å²) in [7, 11) is 1.57. The highest BCUT2D eigenvalue weighted by Crippen LogP contribution is 2.25. The summed E-state index contributed by atoms with van der Waals surface area (Å²) in [5, 5.41) is 9.63. The molecule has 0 N–H and O–H groups in total. The number of hydrogen-bond donors (Lipinski definition) is 0. The summed E-state index contributed by atoms with van der Waals surface area (Å²) in [4.78, 5) is 25.7. The Morgan fingerprint density at radius 3 is 2.48 bits per heavy atom. The molecule has 0 spiro atoms. The van der Waals surface area contributed by atoms with Gasteiger partial charge in [-0.05, 0) is 49.7 Å². The first-order valence-electron chi connectivity index (χ1n) is 6.94. The standard InChI is InChI=1S/C18H15ClN2O2/c1-11-4-5-13(8-16(11)12(2)22)18(23)21(3)17-9-15(19)7-6-14(17)10-20/h4-9H,1-3H3. The van der Waals surface area contributed by atoms with Gasteiger partial charge in [-0.15, -0.1) is 0 Å². The van der Waals surface area contributed by atoms with Crippen molar-refractivity contribution in [3.63, 3.8) is 0 Å². The number of anilines is 1. The minimum Gasteiger partial charge on any atom is -0.310 e. The molecular weight excluding hydrogens is 312 g/mol. The van der Waals surface area contributed by atoms with Crippen LogP contribution in [-0.4, -0.2) is 18.7 Å². The van der Waals surface area contributed by atoms with Crippen LogP contribution < -0.4 is 4.90 Å². The Bertz CT molecular complexity index is 837. The number of benzene rings is 2. The number of rotatable bonds is 3. The van der Waals surface area contributed by atoms with Gasteiger partial charge in [-0.3, -0.25) is 9.59 Å². The van der Waals surface area contributed by atoms with Gasteiger partial charge in [0.2, 0.25) is 0 Å². The monoisotopic (exact) mass is 326 g/mol. The molecule has 0 atom stereocenters. The number of carbonyl (C=O) groups excluding carboxylic acids is 2. The minimum atomic E-state index is -0.314. The van der Waals surface area contributed by atoms with Crippen LogP contribution in [0.1, 0.15) is 38.8 Å². The average molecular weight is 327 g/mol. The predicted molar refractivity (Wildman–Crippen MR) is 90.1 cm³/mol. The van der Waals surface area contributed by atoms with Crippen molar-refractivity contribution in [1.29, 1.82) is 5.26 Å². The zero-order chi connectivity index (χ0) is 17.1. The summed E-state index contributed by atoms with van der Waals surface area (Å²) in [5.74, 6) is -0.411. The lowest BCUT2D eigenvalue weighted by Crippen LogP contribution is -2.27. The van der Waals surface area contributed by atoms with Gasteiger partial charge in [0, 0.05) is 23.2 Å². The van der Waals surface area contributed by atoms with Crippen LogP contribution in [0.15, 0.2) is 36.4 Å². The van der Waals surface area contributed by atoms with E-state index in [9.17, 15) is 14.9 Å². The van der Waals surface area contributed by atoms with E-state index in [1.54, 1.807) is 43.4 Å². The van der Waals surface area contributed by atoms with Gasteiger partial charge in [0.05, 0.1) is 11.3 Å². The van der Waals surface area contributed by atoms with E-state index in [0.29, 0.717) is 27.4 Å². The molecule has 4 nitrogen and oxygen atoms in total. The maximum absolute atomic E-state index is 12.7. The summed E-state index contributed by atoms with van der Waals surface area (Å²) < 4.78 is 0. The Balaban J connectivity index is 2.45. The van der Waals surface area contributed by atoms with Crippen LogP contribution >= 0.6 is 11.6 Å². The van der Waals surface area contributed by atoms with E-state index in [1.807, 2.05) is 13.0 Å². The lowest BCUT2D eigenvalue weighted by atomic mass is 10.0. The normalized spacial score (nSPS) is 10.0. The second-order valence-electron chi connectivity index (χ2n) is 5.22. The SMILES string of the molecule is CC(=O)c1cc(C(=O)N(C)c2cc(Cl)ccc2C#N)ccc1C. The average Bonchev–Trinajstić information content (AvgIpc) is 2.53. The predicted octanol–water partition coefficient (Wildman–Crippen LogP) is 4.00. The van der Waals surface area contributed by atoms with Crippen molar-refractivity contribution >= 4 is 29.0 Å². The number of carbonyl (C=O) groups is 2. The fourth-order valence-corrected chi connectivity index (χ4v) is 2.48. The van der Waals surface area contributed by atoms with Crippen LogP contribution in [0.4, 0.5) is 5.69 Å². The summed E-state index contributed by atoms with van der Waals surface area (Å²) in [6.45, 7) is 3.28. The highest BCUT2D eigenvalue weighted by atomic mass is 35.5.